The summed E-state index contributed by atoms with van der Waals surface area (Å²) in [6.07, 6.45) is 7.54. The molecule has 10 nitrogen and oxygen atoms in total. The molecule has 0 aromatic heterocycles. The van der Waals surface area contributed by atoms with Crippen LogP contribution in [0.1, 0.15) is 38.5 Å². The van der Waals surface area contributed by atoms with E-state index in [1.807, 2.05) is 24.3 Å². The number of hydrogen-bond donors (Lipinski definition) is 2. The summed E-state index contributed by atoms with van der Waals surface area (Å²) in [6, 6.07) is 15.3. The molecule has 0 unspecified atom stereocenters. The Hall–Kier alpha value is -2.83. The van der Waals surface area contributed by atoms with Crippen molar-refractivity contribution < 1.29 is 9.85 Å². The first kappa shape index (κ1) is 35.6. The summed E-state index contributed by atoms with van der Waals surface area (Å²) < 4.78 is 0.536. The van der Waals surface area contributed by atoms with Crippen LogP contribution in [-0.4, -0.2) is 49.1 Å². The number of nitrogens with two attached hydrogens (primary N) is 1. The molecule has 3 heterocycles. The predicted octanol–water partition coefficient (Wildman–Crippen LogP) is 8.75. The fourth-order valence-corrected chi connectivity index (χ4v) is 5.96. The van der Waals surface area contributed by atoms with E-state index >= 15 is 0 Å². The van der Waals surface area contributed by atoms with Gasteiger partial charge < -0.3 is 20.9 Å². The Labute approximate surface area is 280 Å². The highest BCUT2D eigenvalue weighted by molar-refractivity contribution is 9.10. The quantitative estimate of drug-likeness (QED) is 0.155. The van der Waals surface area contributed by atoms with E-state index in [2.05, 4.69) is 31.0 Å². The number of rotatable bonds is 4. The molecule has 3 fully saturated rings. The van der Waals surface area contributed by atoms with Crippen LogP contribution in [0.3, 0.4) is 0 Å². The maximum Gasteiger partial charge on any atom is 0.290 e. The van der Waals surface area contributed by atoms with Gasteiger partial charge in [-0.25, -0.2) is 0 Å². The Bertz CT molecular complexity index is 1390. The molecule has 3 N–H and O–H groups in total. The van der Waals surface area contributed by atoms with Crippen LogP contribution in [-0.2, 0) is 0 Å². The molecule has 3 aliphatic rings. The van der Waals surface area contributed by atoms with E-state index in [4.69, 9.17) is 40.5 Å². The van der Waals surface area contributed by atoms with Gasteiger partial charge in [0, 0.05) is 42.8 Å². The Kier molecular flexibility index (Phi) is 14.8. The summed E-state index contributed by atoms with van der Waals surface area (Å²) in [6.45, 7) is 6.56. The zero-order chi connectivity index (χ0) is 32.1. The number of benzene rings is 3. The maximum atomic E-state index is 10.7. The Morgan fingerprint density at radius 3 is 1.52 bits per heavy atom. The van der Waals surface area contributed by atoms with E-state index in [0.717, 1.165) is 50.4 Å². The SMILES string of the molecule is C1CCNC1.Nc1cccc(N2CCCC2)c1Cl.O=[N+]([O-])c1cccc(Br)c1Cl.O=[N+]([O-])c1cccc(N2CCCC2)c1Cl. The van der Waals surface area contributed by atoms with Gasteiger partial charge >= 0.3 is 0 Å². The third-order valence-electron chi connectivity index (χ3n) is 7.14. The molecule has 14 heteroatoms. The minimum absolute atomic E-state index is 0.0129. The lowest BCUT2D eigenvalue weighted by Crippen LogP contribution is -2.18. The normalized spacial score (nSPS) is 15.4. The van der Waals surface area contributed by atoms with Gasteiger partial charge in [-0.1, -0.05) is 53.0 Å². The second kappa shape index (κ2) is 18.2. The van der Waals surface area contributed by atoms with Crippen molar-refractivity contribution in [1.82, 2.24) is 5.32 Å². The van der Waals surface area contributed by atoms with Gasteiger partial charge in [-0.3, -0.25) is 20.2 Å². The van der Waals surface area contributed by atoms with Crippen molar-refractivity contribution in [3.8, 4) is 0 Å². The van der Waals surface area contributed by atoms with Gasteiger partial charge in [0.25, 0.3) is 11.4 Å². The summed E-state index contributed by atoms with van der Waals surface area (Å²) in [7, 11) is 0. The lowest BCUT2D eigenvalue weighted by atomic mass is 10.2. The second-order valence-electron chi connectivity index (χ2n) is 10.2. The van der Waals surface area contributed by atoms with Crippen molar-refractivity contribution in [2.24, 2.45) is 0 Å². The van der Waals surface area contributed by atoms with Crippen LogP contribution in [0, 0.1) is 20.2 Å². The first-order valence-electron chi connectivity index (χ1n) is 14.4. The summed E-state index contributed by atoms with van der Waals surface area (Å²) >= 11 is 20.8. The van der Waals surface area contributed by atoms with Gasteiger partial charge in [-0.2, -0.15) is 0 Å². The fourth-order valence-electron chi connectivity index (χ4n) is 4.85. The monoisotopic (exact) mass is 728 g/mol. The standard InChI is InChI=1S/C10H11ClN2O2.C10H13ClN2.C6H3BrClNO2.C4H9N/c11-10-8(12-6-1-2-7-12)4-3-5-9(10)13(14)15;11-10-8(12)4-3-5-9(10)13-6-1-2-7-13;7-4-2-1-3-5(6(4)8)9(10)11;1-2-4-5-3-1/h3-5H,1-2,6-7H2;3-5H,1-2,6-7,12H2;1-3H;5H,1-4H2. The summed E-state index contributed by atoms with van der Waals surface area (Å²) in [5, 5.41) is 25.3. The molecule has 3 aromatic rings. The molecule has 238 valence electrons. The molecule has 0 aliphatic carbocycles. The minimum atomic E-state index is -0.521. The van der Waals surface area contributed by atoms with Crippen molar-refractivity contribution in [3.63, 3.8) is 0 Å². The number of hydrogen-bond acceptors (Lipinski definition) is 8. The highest BCUT2D eigenvalue weighted by atomic mass is 79.9. The molecule has 6 rings (SSSR count). The van der Waals surface area contributed by atoms with Gasteiger partial charge in [0.15, 0.2) is 0 Å². The topological polar surface area (TPSA) is 131 Å². The van der Waals surface area contributed by atoms with Crippen molar-refractivity contribution in [2.75, 3.05) is 54.8 Å². The van der Waals surface area contributed by atoms with Gasteiger partial charge in [-0.05, 0) is 91.8 Å². The fraction of sp³-hybridized carbons (Fsp3) is 0.400. The van der Waals surface area contributed by atoms with Crippen LogP contribution < -0.4 is 20.9 Å². The number of halogens is 4. The van der Waals surface area contributed by atoms with Crippen molar-refractivity contribution in [1.29, 1.82) is 0 Å². The first-order chi connectivity index (χ1) is 21.1. The van der Waals surface area contributed by atoms with Crippen LogP contribution >= 0.6 is 50.7 Å². The smallest absolute Gasteiger partial charge is 0.290 e. The zero-order valence-electron chi connectivity index (χ0n) is 24.2. The summed E-state index contributed by atoms with van der Waals surface area (Å²) in [4.78, 5) is 24.4. The van der Waals surface area contributed by atoms with E-state index in [-0.39, 0.29) is 21.4 Å². The molecule has 0 radical (unpaired) electrons. The van der Waals surface area contributed by atoms with E-state index < -0.39 is 9.85 Å². The molecular weight excluding hydrogens is 695 g/mol. The van der Waals surface area contributed by atoms with Gasteiger partial charge in [0.05, 0.1) is 31.9 Å². The van der Waals surface area contributed by atoms with Crippen LogP contribution in [0.2, 0.25) is 15.1 Å². The molecule has 0 bridgehead atoms. The number of nitro benzene ring substituents is 2. The van der Waals surface area contributed by atoms with Crippen molar-refractivity contribution in [2.45, 2.75) is 38.5 Å². The first-order valence-corrected chi connectivity index (χ1v) is 16.3. The van der Waals surface area contributed by atoms with Crippen LogP contribution in [0.4, 0.5) is 28.4 Å². The average molecular weight is 731 g/mol. The number of nitrogens with zero attached hydrogens (tertiary/aromatic N) is 4. The lowest BCUT2D eigenvalue weighted by Gasteiger charge is -2.19. The molecular formula is C30H36BrCl3N6O4. The molecule has 44 heavy (non-hydrogen) atoms. The molecule has 3 saturated heterocycles. The molecule has 0 amide bonds. The molecule has 0 spiro atoms. The van der Waals surface area contributed by atoms with Crippen LogP contribution in [0.5, 0.6) is 0 Å². The van der Waals surface area contributed by atoms with E-state index in [1.165, 1.54) is 50.9 Å². The number of nitrogens with one attached hydrogen (secondary N) is 1. The zero-order valence-corrected chi connectivity index (χ0v) is 28.0. The van der Waals surface area contributed by atoms with Gasteiger partial charge in [0.1, 0.15) is 10.0 Å². The largest absolute Gasteiger partial charge is 0.397 e. The number of nitro groups is 2. The lowest BCUT2D eigenvalue weighted by molar-refractivity contribution is -0.384. The maximum absolute atomic E-state index is 10.7. The summed E-state index contributed by atoms with van der Waals surface area (Å²) in [5.74, 6) is 0. The molecule has 0 atom stereocenters. The van der Waals surface area contributed by atoms with E-state index in [9.17, 15) is 20.2 Å². The Morgan fingerprint density at radius 1 is 0.659 bits per heavy atom. The number of anilines is 3. The van der Waals surface area contributed by atoms with Crippen LogP contribution in [0.15, 0.2) is 59.1 Å². The third kappa shape index (κ3) is 10.4. The molecule has 3 aromatic carbocycles. The van der Waals surface area contributed by atoms with Gasteiger partial charge in [0.2, 0.25) is 0 Å². The minimum Gasteiger partial charge on any atom is -0.397 e. The highest BCUT2D eigenvalue weighted by Gasteiger charge is 2.21. The van der Waals surface area contributed by atoms with E-state index in [0.29, 0.717) is 15.2 Å². The Morgan fingerprint density at radius 2 is 1.09 bits per heavy atom. The average Bonchev–Trinajstić information content (AvgIpc) is 3.82. The Balaban J connectivity index is 0.000000168. The predicted molar refractivity (Wildman–Crippen MR) is 185 cm³/mol. The van der Waals surface area contributed by atoms with Crippen molar-refractivity contribution >= 4 is 79.2 Å². The van der Waals surface area contributed by atoms with Gasteiger partial charge in [-0.15, -0.1) is 0 Å². The van der Waals surface area contributed by atoms with E-state index in [1.54, 1.807) is 18.2 Å². The summed E-state index contributed by atoms with van der Waals surface area (Å²) in [5.41, 5.74) is 8.17. The molecule has 0 saturated carbocycles. The molecule has 3 aliphatic heterocycles. The van der Waals surface area contributed by atoms with Crippen LogP contribution in [0.25, 0.3) is 0 Å². The number of nitrogen functional groups attached to an aromatic ring is 1. The van der Waals surface area contributed by atoms with Crippen molar-refractivity contribution in [3.05, 3.63) is 94.4 Å². The highest BCUT2D eigenvalue weighted by Crippen LogP contribution is 2.36. The second-order valence-corrected chi connectivity index (χ2v) is 12.2. The third-order valence-corrected chi connectivity index (χ3v) is 9.23.